The van der Waals surface area contributed by atoms with Gasteiger partial charge in [-0.25, -0.2) is 4.79 Å². The molecule has 0 unspecified atom stereocenters. The Morgan fingerprint density at radius 3 is 2.33 bits per heavy atom. The first-order chi connectivity index (χ1) is 12.9. The number of furan rings is 1. The average Bonchev–Trinajstić information content (AvgIpc) is 3.00. The molecular weight excluding hydrogens is 372 g/mol. The van der Waals surface area contributed by atoms with Crippen molar-refractivity contribution in [2.45, 2.75) is 13.8 Å². The summed E-state index contributed by atoms with van der Waals surface area (Å²) in [4.78, 5) is 38.2. The molecule has 0 atom stereocenters. The second kappa shape index (κ2) is 5.96. The Balaban J connectivity index is 2.12. The number of carbonyl (C=O) groups is 3. The molecule has 27 heavy (non-hydrogen) atoms. The van der Waals surface area contributed by atoms with E-state index in [9.17, 15) is 19.5 Å². The Bertz CT molecular complexity index is 1170. The maximum Gasteiger partial charge on any atom is 0.342 e. The van der Waals surface area contributed by atoms with Crippen LogP contribution in [0.15, 0.2) is 28.7 Å². The van der Waals surface area contributed by atoms with Crippen molar-refractivity contribution in [3.63, 3.8) is 0 Å². The molecule has 1 aromatic heterocycles. The van der Waals surface area contributed by atoms with E-state index in [0.717, 1.165) is 0 Å². The highest BCUT2D eigenvalue weighted by Gasteiger charge is 2.38. The van der Waals surface area contributed by atoms with Gasteiger partial charge in [0.05, 0.1) is 28.1 Å². The van der Waals surface area contributed by atoms with E-state index in [0.29, 0.717) is 0 Å². The molecule has 7 heteroatoms. The van der Waals surface area contributed by atoms with Crippen LogP contribution in [0.2, 0.25) is 5.02 Å². The van der Waals surface area contributed by atoms with Gasteiger partial charge in [0.15, 0.2) is 22.9 Å². The summed E-state index contributed by atoms with van der Waals surface area (Å²) >= 11 is 6.47. The SMILES string of the molecule is CCOC(=O)c1c(C)oc2c(O)c3c(c(Cl)c12)C(=O)c1ccccc1C3=O. The topological polar surface area (TPSA) is 93.8 Å². The van der Waals surface area contributed by atoms with Gasteiger partial charge in [-0.2, -0.15) is 0 Å². The van der Waals surface area contributed by atoms with E-state index in [4.69, 9.17) is 20.8 Å². The predicted octanol–water partition coefficient (Wildman–Crippen LogP) is 4.05. The molecular formula is C20H13ClO6. The number of aromatic hydroxyl groups is 1. The second-order valence-corrected chi connectivity index (χ2v) is 6.45. The van der Waals surface area contributed by atoms with E-state index in [1.165, 1.54) is 19.1 Å². The van der Waals surface area contributed by atoms with E-state index in [1.807, 2.05) is 0 Å². The molecule has 0 saturated heterocycles. The van der Waals surface area contributed by atoms with Gasteiger partial charge in [-0.15, -0.1) is 0 Å². The molecule has 0 saturated carbocycles. The first-order valence-electron chi connectivity index (χ1n) is 8.21. The van der Waals surface area contributed by atoms with E-state index >= 15 is 0 Å². The maximum atomic E-state index is 13.0. The number of esters is 1. The summed E-state index contributed by atoms with van der Waals surface area (Å²) < 4.78 is 10.5. The van der Waals surface area contributed by atoms with Gasteiger partial charge in [-0.05, 0) is 13.8 Å². The fourth-order valence-corrected chi connectivity index (χ4v) is 3.78. The molecule has 3 aromatic rings. The quantitative estimate of drug-likeness (QED) is 0.524. The molecule has 0 aliphatic heterocycles. The van der Waals surface area contributed by atoms with Gasteiger partial charge in [0.25, 0.3) is 0 Å². The number of halogens is 1. The van der Waals surface area contributed by atoms with Crippen LogP contribution < -0.4 is 0 Å². The zero-order valence-electron chi connectivity index (χ0n) is 14.4. The molecule has 0 spiro atoms. The van der Waals surface area contributed by atoms with Crippen molar-refractivity contribution < 1.29 is 28.6 Å². The molecule has 0 radical (unpaired) electrons. The third-order valence-electron chi connectivity index (χ3n) is 4.58. The molecule has 6 nitrogen and oxygen atoms in total. The Morgan fingerprint density at radius 2 is 1.74 bits per heavy atom. The third kappa shape index (κ3) is 2.23. The Kier molecular flexibility index (Phi) is 3.82. The van der Waals surface area contributed by atoms with Crippen molar-refractivity contribution in [2.75, 3.05) is 6.61 Å². The fourth-order valence-electron chi connectivity index (χ4n) is 3.42. The lowest BCUT2D eigenvalue weighted by atomic mass is 9.82. The van der Waals surface area contributed by atoms with E-state index < -0.39 is 23.3 Å². The number of hydrogen-bond donors (Lipinski definition) is 1. The molecule has 136 valence electrons. The van der Waals surface area contributed by atoms with Gasteiger partial charge in [0.2, 0.25) is 0 Å². The van der Waals surface area contributed by atoms with Crippen LogP contribution in [-0.2, 0) is 4.74 Å². The standard InChI is InChI=1S/C20H13ClO6/c1-3-26-20(25)11-8(2)27-19-13(11)15(21)12-14(18(19)24)17(23)10-7-5-4-6-9(10)16(12)22/h4-7,24H,3H2,1-2H3. The lowest BCUT2D eigenvalue weighted by Crippen LogP contribution is -2.21. The molecule has 0 bridgehead atoms. The summed E-state index contributed by atoms with van der Waals surface area (Å²) in [5, 5.41) is 10.6. The Labute approximate surface area is 158 Å². The lowest BCUT2D eigenvalue weighted by molar-refractivity contribution is 0.0526. The highest BCUT2D eigenvalue weighted by Crippen LogP contribution is 2.46. The van der Waals surface area contributed by atoms with Crippen molar-refractivity contribution in [3.8, 4) is 5.75 Å². The number of phenols is 1. The highest BCUT2D eigenvalue weighted by molar-refractivity contribution is 6.44. The number of aryl methyl sites for hydroxylation is 1. The van der Waals surface area contributed by atoms with Gasteiger partial charge in [0, 0.05) is 11.1 Å². The smallest absolute Gasteiger partial charge is 0.342 e. The minimum Gasteiger partial charge on any atom is -0.504 e. The molecule has 1 aliphatic carbocycles. The van der Waals surface area contributed by atoms with Gasteiger partial charge in [0.1, 0.15) is 11.3 Å². The number of ether oxygens (including phenoxy) is 1. The van der Waals surface area contributed by atoms with Gasteiger partial charge in [-0.3, -0.25) is 9.59 Å². The summed E-state index contributed by atoms with van der Waals surface area (Å²) in [5.41, 5.74) is -0.103. The monoisotopic (exact) mass is 384 g/mol. The summed E-state index contributed by atoms with van der Waals surface area (Å²) in [5.74, 6) is -2.08. The molecule has 0 fully saturated rings. The number of rotatable bonds is 2. The molecule has 1 heterocycles. The molecule has 0 amide bonds. The first kappa shape index (κ1) is 17.3. The zero-order valence-corrected chi connectivity index (χ0v) is 15.1. The third-order valence-corrected chi connectivity index (χ3v) is 4.95. The van der Waals surface area contributed by atoms with E-state index in [1.54, 1.807) is 19.1 Å². The van der Waals surface area contributed by atoms with Crippen LogP contribution in [0.5, 0.6) is 5.75 Å². The Morgan fingerprint density at radius 1 is 1.15 bits per heavy atom. The average molecular weight is 385 g/mol. The van der Waals surface area contributed by atoms with Gasteiger partial charge < -0.3 is 14.3 Å². The predicted molar refractivity (Wildman–Crippen MR) is 96.9 cm³/mol. The van der Waals surface area contributed by atoms with Crippen molar-refractivity contribution in [1.29, 1.82) is 0 Å². The summed E-state index contributed by atoms with van der Waals surface area (Å²) in [6.45, 7) is 3.29. The van der Waals surface area contributed by atoms with E-state index in [2.05, 4.69) is 0 Å². The van der Waals surface area contributed by atoms with Crippen LogP contribution in [0, 0.1) is 6.92 Å². The van der Waals surface area contributed by atoms with Crippen molar-refractivity contribution in [2.24, 2.45) is 0 Å². The van der Waals surface area contributed by atoms with Crippen molar-refractivity contribution in [1.82, 2.24) is 0 Å². The summed E-state index contributed by atoms with van der Waals surface area (Å²) in [7, 11) is 0. The fraction of sp³-hybridized carbons (Fsp3) is 0.150. The number of fused-ring (bicyclic) bond motifs is 3. The summed E-state index contributed by atoms with van der Waals surface area (Å²) in [6, 6.07) is 6.28. The number of phenolic OH excluding ortho intramolecular Hbond substituents is 1. The number of benzene rings is 2. The van der Waals surface area contributed by atoms with Crippen LogP contribution in [0.25, 0.3) is 11.0 Å². The van der Waals surface area contributed by atoms with Crippen LogP contribution in [0.1, 0.15) is 54.9 Å². The lowest BCUT2D eigenvalue weighted by Gasteiger charge is -2.19. The number of hydrogen-bond acceptors (Lipinski definition) is 6. The van der Waals surface area contributed by atoms with Crippen LogP contribution in [0.4, 0.5) is 0 Å². The van der Waals surface area contributed by atoms with Crippen LogP contribution in [0.3, 0.4) is 0 Å². The zero-order chi connectivity index (χ0) is 19.5. The normalized spacial score (nSPS) is 12.9. The van der Waals surface area contributed by atoms with Crippen LogP contribution in [-0.4, -0.2) is 29.2 Å². The van der Waals surface area contributed by atoms with Crippen LogP contribution >= 0.6 is 11.6 Å². The minimum atomic E-state index is -0.690. The maximum absolute atomic E-state index is 13.0. The van der Waals surface area contributed by atoms with Crippen molar-refractivity contribution >= 4 is 40.1 Å². The molecule has 1 aliphatic rings. The highest BCUT2D eigenvalue weighted by atomic mass is 35.5. The number of carbonyl (C=O) groups excluding carboxylic acids is 3. The number of ketones is 2. The van der Waals surface area contributed by atoms with Gasteiger partial charge in [-0.1, -0.05) is 35.9 Å². The second-order valence-electron chi connectivity index (χ2n) is 6.07. The summed E-state index contributed by atoms with van der Waals surface area (Å²) in [6.07, 6.45) is 0. The Hall–Kier alpha value is -3.12. The van der Waals surface area contributed by atoms with Gasteiger partial charge >= 0.3 is 5.97 Å². The molecule has 2 aromatic carbocycles. The molecule has 1 N–H and O–H groups in total. The molecule has 4 rings (SSSR count). The van der Waals surface area contributed by atoms with Crippen molar-refractivity contribution in [3.05, 3.63) is 62.9 Å². The first-order valence-corrected chi connectivity index (χ1v) is 8.59. The minimum absolute atomic E-state index is 0.0223. The van der Waals surface area contributed by atoms with E-state index in [-0.39, 0.29) is 56.2 Å². The largest absolute Gasteiger partial charge is 0.504 e.